The quantitative estimate of drug-likeness (QED) is 0.495. The molecule has 0 aliphatic carbocycles. The minimum Gasteiger partial charge on any atom is -0.477 e. The third-order valence-corrected chi connectivity index (χ3v) is 6.36. The molecule has 4 atom stereocenters. The molecule has 1 fully saturated rings. The van der Waals surface area contributed by atoms with Crippen molar-refractivity contribution in [2.75, 3.05) is 11.4 Å². The number of carboxylic acids is 1. The van der Waals surface area contributed by atoms with Crippen LogP contribution >= 0.6 is 22.9 Å². The van der Waals surface area contributed by atoms with Crippen molar-refractivity contribution in [2.45, 2.75) is 57.2 Å². The van der Waals surface area contributed by atoms with Gasteiger partial charge in [-0.3, -0.25) is 4.79 Å². The molecule has 0 spiro atoms. The molecule has 1 aromatic heterocycles. The number of aromatic carboxylic acids is 1. The SMILES string of the molecule is CCC1NC(C(=O)N[C@@H]2CN(c3nc(C)c(C(=O)O)s3)[C@H]2CC)=NC1Cl. The zero-order chi connectivity index (χ0) is 19.0. The second-order valence-corrected chi connectivity index (χ2v) is 7.86. The molecule has 3 heterocycles. The number of alkyl halides is 1. The highest BCUT2D eigenvalue weighted by Crippen LogP contribution is 2.34. The highest BCUT2D eigenvalue weighted by Gasteiger charge is 2.41. The lowest BCUT2D eigenvalue weighted by atomic mass is 9.94. The Kier molecular flexibility index (Phi) is 5.38. The highest BCUT2D eigenvalue weighted by molar-refractivity contribution is 7.17. The molecular formula is C16H22ClN5O3S. The fourth-order valence-corrected chi connectivity index (χ4v) is 4.58. The third kappa shape index (κ3) is 3.37. The van der Waals surface area contributed by atoms with E-state index in [2.05, 4.69) is 20.6 Å². The van der Waals surface area contributed by atoms with Crippen molar-refractivity contribution in [3.8, 4) is 0 Å². The number of halogens is 1. The number of anilines is 1. The molecule has 8 nitrogen and oxygen atoms in total. The van der Waals surface area contributed by atoms with E-state index in [0.717, 1.165) is 12.8 Å². The molecule has 0 bridgehead atoms. The van der Waals surface area contributed by atoms with Crippen molar-refractivity contribution < 1.29 is 14.7 Å². The van der Waals surface area contributed by atoms with Gasteiger partial charge in [0.25, 0.3) is 5.91 Å². The van der Waals surface area contributed by atoms with Crippen LogP contribution in [0.15, 0.2) is 4.99 Å². The van der Waals surface area contributed by atoms with E-state index in [0.29, 0.717) is 17.4 Å². The molecule has 1 aromatic rings. The van der Waals surface area contributed by atoms with Crippen LogP contribution in [-0.4, -0.2) is 58.0 Å². The number of nitrogens with one attached hydrogen (secondary N) is 2. The van der Waals surface area contributed by atoms with E-state index in [1.54, 1.807) is 6.92 Å². The van der Waals surface area contributed by atoms with Crippen LogP contribution < -0.4 is 15.5 Å². The molecule has 2 aliphatic heterocycles. The van der Waals surface area contributed by atoms with Crippen molar-refractivity contribution >= 4 is 45.8 Å². The molecule has 10 heteroatoms. The number of amides is 1. The summed E-state index contributed by atoms with van der Waals surface area (Å²) in [5.74, 6) is -0.934. The predicted molar refractivity (Wildman–Crippen MR) is 101 cm³/mol. The second-order valence-electron chi connectivity index (χ2n) is 6.43. The monoisotopic (exact) mass is 399 g/mol. The number of aryl methyl sites for hydroxylation is 1. The number of rotatable bonds is 6. The lowest BCUT2D eigenvalue weighted by Gasteiger charge is -2.48. The number of carbonyl (C=O) groups is 2. The normalized spacial score (nSPS) is 27.5. The molecule has 0 radical (unpaired) electrons. The van der Waals surface area contributed by atoms with Crippen LogP contribution in [-0.2, 0) is 4.79 Å². The molecule has 142 valence electrons. The summed E-state index contributed by atoms with van der Waals surface area (Å²) < 4.78 is 0. The first kappa shape index (κ1) is 18.9. The summed E-state index contributed by atoms with van der Waals surface area (Å²) >= 11 is 7.28. The topological polar surface area (TPSA) is 107 Å². The van der Waals surface area contributed by atoms with E-state index in [1.165, 1.54) is 11.3 Å². The Morgan fingerprint density at radius 2 is 2.15 bits per heavy atom. The molecule has 26 heavy (non-hydrogen) atoms. The summed E-state index contributed by atoms with van der Waals surface area (Å²) in [6.07, 6.45) is 1.60. The van der Waals surface area contributed by atoms with Gasteiger partial charge >= 0.3 is 5.97 Å². The van der Waals surface area contributed by atoms with Gasteiger partial charge in [0.15, 0.2) is 11.0 Å². The summed E-state index contributed by atoms with van der Waals surface area (Å²) in [5.41, 5.74) is 0.0939. The average Bonchev–Trinajstić information content (AvgIpc) is 3.13. The lowest BCUT2D eigenvalue weighted by Crippen LogP contribution is -2.67. The van der Waals surface area contributed by atoms with E-state index < -0.39 is 11.5 Å². The average molecular weight is 400 g/mol. The van der Waals surface area contributed by atoms with Gasteiger partial charge in [-0.05, 0) is 19.8 Å². The highest BCUT2D eigenvalue weighted by atomic mass is 35.5. The number of thiazole rings is 1. The number of aliphatic imine (C=N–C) groups is 1. The predicted octanol–water partition coefficient (Wildman–Crippen LogP) is 1.58. The van der Waals surface area contributed by atoms with Gasteiger partial charge in [0.2, 0.25) is 0 Å². The Labute approximate surface area is 160 Å². The fraction of sp³-hybridized carbons (Fsp3) is 0.625. The number of aromatic nitrogens is 1. The largest absolute Gasteiger partial charge is 0.477 e. The van der Waals surface area contributed by atoms with E-state index in [-0.39, 0.29) is 34.7 Å². The molecular weight excluding hydrogens is 378 g/mol. The zero-order valence-corrected chi connectivity index (χ0v) is 16.4. The van der Waals surface area contributed by atoms with Crippen molar-refractivity contribution in [1.82, 2.24) is 15.6 Å². The van der Waals surface area contributed by atoms with Crippen LogP contribution in [0.25, 0.3) is 0 Å². The first-order valence-electron chi connectivity index (χ1n) is 8.62. The van der Waals surface area contributed by atoms with Gasteiger partial charge in [-0.15, -0.1) is 0 Å². The minimum atomic E-state index is -0.962. The molecule has 3 N–H and O–H groups in total. The van der Waals surface area contributed by atoms with Gasteiger partial charge in [-0.2, -0.15) is 0 Å². The molecule has 0 saturated carbocycles. The molecule has 2 aliphatic rings. The van der Waals surface area contributed by atoms with Gasteiger partial charge in [-0.1, -0.05) is 36.8 Å². The number of amidine groups is 1. The van der Waals surface area contributed by atoms with E-state index >= 15 is 0 Å². The standard InChI is InChI=1S/C16H22ClN5O3S/c1-4-8-12(17)21-13(19-8)14(23)20-9-6-22(10(9)5-2)16-18-7(3)11(26-16)15(24)25/h8-10,12H,4-6H2,1-3H3,(H,19,21)(H,20,23)(H,24,25)/t8?,9-,10+,12?/m1/s1. The summed E-state index contributed by atoms with van der Waals surface area (Å²) in [7, 11) is 0. The Bertz CT molecular complexity index is 752. The van der Waals surface area contributed by atoms with Gasteiger partial charge < -0.3 is 20.6 Å². The van der Waals surface area contributed by atoms with Gasteiger partial charge in [0.1, 0.15) is 10.4 Å². The Morgan fingerprint density at radius 1 is 1.42 bits per heavy atom. The molecule has 2 unspecified atom stereocenters. The maximum Gasteiger partial charge on any atom is 0.347 e. The first-order chi connectivity index (χ1) is 12.3. The van der Waals surface area contributed by atoms with Gasteiger partial charge in [0, 0.05) is 6.54 Å². The number of carbonyl (C=O) groups excluding carboxylic acids is 1. The van der Waals surface area contributed by atoms with Crippen molar-refractivity contribution in [2.24, 2.45) is 4.99 Å². The Morgan fingerprint density at radius 3 is 2.69 bits per heavy atom. The Balaban J connectivity index is 1.64. The maximum absolute atomic E-state index is 12.4. The molecule has 0 aromatic carbocycles. The lowest BCUT2D eigenvalue weighted by molar-refractivity contribution is -0.116. The number of hydrogen-bond acceptors (Lipinski definition) is 7. The molecule has 1 saturated heterocycles. The van der Waals surface area contributed by atoms with Crippen molar-refractivity contribution in [3.63, 3.8) is 0 Å². The minimum absolute atomic E-state index is 0.0231. The summed E-state index contributed by atoms with van der Waals surface area (Å²) in [4.78, 5) is 34.5. The van der Waals surface area contributed by atoms with E-state index in [1.807, 2.05) is 18.7 Å². The van der Waals surface area contributed by atoms with Crippen molar-refractivity contribution in [3.05, 3.63) is 10.6 Å². The molecule has 3 rings (SSSR count). The van der Waals surface area contributed by atoms with Gasteiger partial charge in [-0.25, -0.2) is 14.8 Å². The van der Waals surface area contributed by atoms with Crippen LogP contribution in [0.5, 0.6) is 0 Å². The Hall–Kier alpha value is -1.87. The fourth-order valence-electron chi connectivity index (χ4n) is 3.27. The van der Waals surface area contributed by atoms with E-state index in [9.17, 15) is 14.7 Å². The summed E-state index contributed by atoms with van der Waals surface area (Å²) in [5, 5.41) is 15.9. The van der Waals surface area contributed by atoms with Crippen LogP contribution in [0.3, 0.4) is 0 Å². The van der Waals surface area contributed by atoms with Crippen LogP contribution in [0.4, 0.5) is 5.13 Å². The van der Waals surface area contributed by atoms with Crippen LogP contribution in [0.1, 0.15) is 42.1 Å². The number of carboxylic acid groups (broad SMARTS) is 1. The maximum atomic E-state index is 12.4. The summed E-state index contributed by atoms with van der Waals surface area (Å²) in [6, 6.07) is 0.0101. The third-order valence-electron chi connectivity index (χ3n) is 4.78. The van der Waals surface area contributed by atoms with Crippen LogP contribution in [0, 0.1) is 6.92 Å². The van der Waals surface area contributed by atoms with Crippen LogP contribution in [0.2, 0.25) is 0 Å². The second kappa shape index (κ2) is 7.40. The smallest absolute Gasteiger partial charge is 0.347 e. The zero-order valence-electron chi connectivity index (χ0n) is 14.8. The van der Waals surface area contributed by atoms with Gasteiger partial charge in [0.05, 0.1) is 23.8 Å². The van der Waals surface area contributed by atoms with Crippen molar-refractivity contribution in [1.29, 1.82) is 0 Å². The first-order valence-corrected chi connectivity index (χ1v) is 9.87. The number of nitrogens with zero attached hydrogens (tertiary/aromatic N) is 3. The number of hydrogen-bond donors (Lipinski definition) is 3. The summed E-state index contributed by atoms with van der Waals surface area (Å²) in [6.45, 7) is 6.30. The van der Waals surface area contributed by atoms with E-state index in [4.69, 9.17) is 11.6 Å². The molecule has 1 amide bonds.